The summed E-state index contributed by atoms with van der Waals surface area (Å²) in [7, 11) is 0. The Hall–Kier alpha value is -2.04. The third-order valence-corrected chi connectivity index (χ3v) is 1.91. The lowest BCUT2D eigenvalue weighted by atomic mass is 10.1. The minimum atomic E-state index is -0.906. The van der Waals surface area contributed by atoms with E-state index in [-0.39, 0.29) is 5.88 Å². The molecular weight excluding hydrogens is 184 g/mol. The van der Waals surface area contributed by atoms with Crippen molar-refractivity contribution in [3.05, 3.63) is 41.7 Å². The van der Waals surface area contributed by atoms with E-state index in [0.717, 1.165) is 0 Å². The van der Waals surface area contributed by atoms with Crippen molar-refractivity contribution in [2.75, 3.05) is 0 Å². The molecule has 3 N–H and O–H groups in total. The first-order chi connectivity index (χ1) is 6.70. The number of nitrogens with two attached hydrogens (primary N) is 1. The SMILES string of the molecule is NC1=C(O)C(=O)[C@@H](c2ccccn2)O1. The molecule has 0 amide bonds. The number of pyridine rings is 1. The Labute approximate surface area is 79.8 Å². The molecule has 1 aromatic heterocycles. The Balaban J connectivity index is 2.30. The lowest BCUT2D eigenvalue weighted by molar-refractivity contribution is -0.123. The molecule has 0 aliphatic carbocycles. The molecule has 1 aliphatic rings. The van der Waals surface area contributed by atoms with Crippen LogP contribution < -0.4 is 5.73 Å². The number of rotatable bonds is 1. The van der Waals surface area contributed by atoms with Gasteiger partial charge < -0.3 is 15.6 Å². The summed E-state index contributed by atoms with van der Waals surface area (Å²) >= 11 is 0. The van der Waals surface area contributed by atoms with E-state index in [1.807, 2.05) is 0 Å². The van der Waals surface area contributed by atoms with Crippen molar-refractivity contribution in [3.8, 4) is 0 Å². The normalized spacial score (nSPS) is 21.1. The molecule has 0 unspecified atom stereocenters. The van der Waals surface area contributed by atoms with Gasteiger partial charge in [-0.2, -0.15) is 0 Å². The molecule has 0 fully saturated rings. The van der Waals surface area contributed by atoms with Gasteiger partial charge in [-0.3, -0.25) is 9.78 Å². The van der Waals surface area contributed by atoms with Crippen LogP contribution >= 0.6 is 0 Å². The highest BCUT2D eigenvalue weighted by Crippen LogP contribution is 2.27. The van der Waals surface area contributed by atoms with Gasteiger partial charge in [0.1, 0.15) is 0 Å². The van der Waals surface area contributed by atoms with E-state index >= 15 is 0 Å². The average Bonchev–Trinajstić information content (AvgIpc) is 2.47. The average molecular weight is 192 g/mol. The number of aliphatic hydroxyl groups is 1. The molecule has 0 radical (unpaired) electrons. The topological polar surface area (TPSA) is 85.4 Å². The van der Waals surface area contributed by atoms with Gasteiger partial charge >= 0.3 is 0 Å². The maximum absolute atomic E-state index is 11.4. The van der Waals surface area contributed by atoms with Crippen LogP contribution in [0.25, 0.3) is 0 Å². The second-order valence-electron chi connectivity index (χ2n) is 2.83. The minimum absolute atomic E-state index is 0.245. The summed E-state index contributed by atoms with van der Waals surface area (Å²) in [4.78, 5) is 15.3. The summed E-state index contributed by atoms with van der Waals surface area (Å²) in [6.07, 6.45) is 0.633. The smallest absolute Gasteiger partial charge is 0.249 e. The van der Waals surface area contributed by atoms with Gasteiger partial charge in [0.05, 0.1) is 5.69 Å². The standard InChI is InChI=1S/C9H8N2O3/c10-9-7(13)6(12)8(14-9)5-3-1-2-4-11-5/h1-4,8,13H,10H2/t8-/m1/s1. The fraction of sp³-hybridized carbons (Fsp3) is 0.111. The van der Waals surface area contributed by atoms with Crippen molar-refractivity contribution in [1.82, 2.24) is 4.98 Å². The molecule has 0 bridgehead atoms. The van der Waals surface area contributed by atoms with E-state index in [9.17, 15) is 4.79 Å². The van der Waals surface area contributed by atoms with Gasteiger partial charge in [-0.05, 0) is 12.1 Å². The molecule has 2 rings (SSSR count). The molecular formula is C9H8N2O3. The van der Waals surface area contributed by atoms with Crippen molar-refractivity contribution < 1.29 is 14.6 Å². The molecule has 5 heteroatoms. The van der Waals surface area contributed by atoms with Gasteiger partial charge in [-0.25, -0.2) is 0 Å². The van der Waals surface area contributed by atoms with Crippen LogP contribution in [-0.2, 0) is 9.53 Å². The molecule has 5 nitrogen and oxygen atoms in total. The van der Waals surface area contributed by atoms with Crippen molar-refractivity contribution in [2.45, 2.75) is 6.10 Å². The fourth-order valence-corrected chi connectivity index (χ4v) is 1.21. The Morgan fingerprint density at radius 3 is 2.79 bits per heavy atom. The van der Waals surface area contributed by atoms with Gasteiger partial charge in [0.15, 0.2) is 0 Å². The first kappa shape index (κ1) is 8.55. The number of carbonyl (C=O) groups excluding carboxylic acids is 1. The van der Waals surface area contributed by atoms with Crippen molar-refractivity contribution >= 4 is 5.78 Å². The molecule has 1 aliphatic heterocycles. The van der Waals surface area contributed by atoms with E-state index in [1.54, 1.807) is 18.2 Å². The summed E-state index contributed by atoms with van der Waals surface area (Å²) in [6, 6.07) is 5.08. The van der Waals surface area contributed by atoms with E-state index in [1.165, 1.54) is 6.20 Å². The van der Waals surface area contributed by atoms with Crippen LogP contribution in [0.5, 0.6) is 0 Å². The van der Waals surface area contributed by atoms with Gasteiger partial charge in [0.25, 0.3) is 0 Å². The van der Waals surface area contributed by atoms with Gasteiger partial charge in [-0.15, -0.1) is 0 Å². The van der Waals surface area contributed by atoms with Gasteiger partial charge in [0, 0.05) is 6.20 Å². The van der Waals surface area contributed by atoms with Crippen LogP contribution in [0, 0.1) is 0 Å². The molecule has 0 saturated heterocycles. The number of ketones is 1. The van der Waals surface area contributed by atoms with Crippen molar-refractivity contribution in [2.24, 2.45) is 5.73 Å². The number of ether oxygens (including phenoxy) is 1. The lowest BCUT2D eigenvalue weighted by Gasteiger charge is -2.07. The van der Waals surface area contributed by atoms with Crippen LogP contribution in [0.15, 0.2) is 36.0 Å². The maximum atomic E-state index is 11.4. The summed E-state index contributed by atoms with van der Waals surface area (Å²) in [5, 5.41) is 9.15. The molecule has 0 spiro atoms. The Morgan fingerprint density at radius 1 is 1.50 bits per heavy atom. The highest BCUT2D eigenvalue weighted by atomic mass is 16.5. The summed E-state index contributed by atoms with van der Waals surface area (Å²) in [5.74, 6) is -1.33. The van der Waals surface area contributed by atoms with Crippen molar-refractivity contribution in [1.29, 1.82) is 0 Å². The highest BCUT2D eigenvalue weighted by molar-refractivity contribution is 5.99. The first-order valence-corrected chi connectivity index (χ1v) is 4.00. The lowest BCUT2D eigenvalue weighted by Crippen LogP contribution is -2.11. The van der Waals surface area contributed by atoms with Crippen LogP contribution in [0.1, 0.15) is 11.8 Å². The molecule has 2 heterocycles. The molecule has 1 atom stereocenters. The highest BCUT2D eigenvalue weighted by Gasteiger charge is 2.35. The van der Waals surface area contributed by atoms with Crippen LogP contribution in [-0.4, -0.2) is 15.9 Å². The van der Waals surface area contributed by atoms with Crippen LogP contribution in [0.3, 0.4) is 0 Å². The Bertz CT molecular complexity index is 400. The summed E-state index contributed by atoms with van der Waals surface area (Å²) < 4.78 is 4.97. The number of Topliss-reactive ketones (excluding diaryl/α,β-unsaturated/α-hetero) is 1. The summed E-state index contributed by atoms with van der Waals surface area (Å²) in [6.45, 7) is 0. The minimum Gasteiger partial charge on any atom is -0.501 e. The van der Waals surface area contributed by atoms with Gasteiger partial charge in [-0.1, -0.05) is 6.07 Å². The number of aromatic nitrogens is 1. The summed E-state index contributed by atoms with van der Waals surface area (Å²) in [5.41, 5.74) is 5.69. The van der Waals surface area contributed by atoms with E-state index in [2.05, 4.69) is 4.98 Å². The largest absolute Gasteiger partial charge is 0.501 e. The second kappa shape index (κ2) is 3.02. The monoisotopic (exact) mass is 192 g/mol. The molecule has 1 aromatic rings. The number of nitrogens with zero attached hydrogens (tertiary/aromatic N) is 1. The molecule has 72 valence electrons. The van der Waals surface area contributed by atoms with Crippen LogP contribution in [0.2, 0.25) is 0 Å². The number of carbonyl (C=O) groups is 1. The van der Waals surface area contributed by atoms with E-state index in [4.69, 9.17) is 15.6 Å². The number of hydrogen-bond acceptors (Lipinski definition) is 5. The number of hydrogen-bond donors (Lipinski definition) is 2. The maximum Gasteiger partial charge on any atom is 0.249 e. The Kier molecular flexibility index (Phi) is 1.85. The zero-order valence-electron chi connectivity index (χ0n) is 7.18. The van der Waals surface area contributed by atoms with Gasteiger partial charge in [0.2, 0.25) is 23.5 Å². The predicted molar refractivity (Wildman–Crippen MR) is 46.9 cm³/mol. The molecule has 0 saturated carbocycles. The fourth-order valence-electron chi connectivity index (χ4n) is 1.21. The van der Waals surface area contributed by atoms with E-state index in [0.29, 0.717) is 5.69 Å². The zero-order chi connectivity index (χ0) is 10.1. The third-order valence-electron chi connectivity index (χ3n) is 1.91. The van der Waals surface area contributed by atoms with E-state index < -0.39 is 17.6 Å². The molecule has 14 heavy (non-hydrogen) atoms. The predicted octanol–water partition coefficient (Wildman–Crippen LogP) is 0.408. The third kappa shape index (κ3) is 1.19. The quantitative estimate of drug-likeness (QED) is 0.673. The van der Waals surface area contributed by atoms with Crippen LogP contribution in [0.4, 0.5) is 0 Å². The molecule has 0 aromatic carbocycles. The zero-order valence-corrected chi connectivity index (χ0v) is 7.18. The number of aliphatic hydroxyl groups excluding tert-OH is 1. The van der Waals surface area contributed by atoms with Crippen molar-refractivity contribution in [3.63, 3.8) is 0 Å². The second-order valence-corrected chi connectivity index (χ2v) is 2.83. The Morgan fingerprint density at radius 2 is 2.29 bits per heavy atom. The first-order valence-electron chi connectivity index (χ1n) is 4.00.